The Bertz CT molecular complexity index is 1370. The first-order valence-corrected chi connectivity index (χ1v) is 11.7. The first-order chi connectivity index (χ1) is 16.0. The summed E-state index contributed by atoms with van der Waals surface area (Å²) in [7, 11) is 0. The number of hydrogen-bond donors (Lipinski definition) is 1. The number of benzene rings is 3. The first-order valence-electron chi connectivity index (χ1n) is 10.8. The first kappa shape index (κ1) is 22.7. The van der Waals surface area contributed by atoms with E-state index in [2.05, 4.69) is 5.32 Å². The molecule has 0 radical (unpaired) electrons. The SMILES string of the molecule is CCCNC(=O)c1ccc2c(=O)n(-c3cccc(F)c3)c(SCc3ccc(C)cc3)nc2c1. The van der Waals surface area contributed by atoms with E-state index in [4.69, 9.17) is 4.98 Å². The van der Waals surface area contributed by atoms with Crippen molar-refractivity contribution in [2.75, 3.05) is 6.54 Å². The molecule has 4 aromatic rings. The lowest BCUT2D eigenvalue weighted by molar-refractivity contribution is 0.0953. The number of nitrogens with one attached hydrogen (secondary N) is 1. The van der Waals surface area contributed by atoms with Gasteiger partial charge in [0.15, 0.2) is 5.16 Å². The van der Waals surface area contributed by atoms with Crippen LogP contribution in [0.25, 0.3) is 16.6 Å². The second-order valence-corrected chi connectivity index (χ2v) is 8.72. The number of aromatic nitrogens is 2. The number of amides is 1. The van der Waals surface area contributed by atoms with E-state index in [1.807, 2.05) is 38.1 Å². The summed E-state index contributed by atoms with van der Waals surface area (Å²) in [5.74, 6) is -0.0508. The van der Waals surface area contributed by atoms with E-state index in [0.29, 0.717) is 39.6 Å². The second kappa shape index (κ2) is 10.0. The van der Waals surface area contributed by atoms with Crippen molar-refractivity contribution in [3.8, 4) is 5.69 Å². The van der Waals surface area contributed by atoms with Crippen molar-refractivity contribution in [3.63, 3.8) is 0 Å². The van der Waals surface area contributed by atoms with Crippen LogP contribution in [0.5, 0.6) is 0 Å². The van der Waals surface area contributed by atoms with Crippen molar-refractivity contribution in [2.24, 2.45) is 0 Å². The summed E-state index contributed by atoms with van der Waals surface area (Å²) < 4.78 is 15.4. The van der Waals surface area contributed by atoms with Crippen molar-refractivity contribution in [1.82, 2.24) is 14.9 Å². The van der Waals surface area contributed by atoms with Gasteiger partial charge in [0, 0.05) is 17.9 Å². The van der Waals surface area contributed by atoms with E-state index in [1.165, 1.54) is 28.5 Å². The van der Waals surface area contributed by atoms with Crippen LogP contribution in [0.3, 0.4) is 0 Å². The monoisotopic (exact) mass is 461 g/mol. The Hall–Kier alpha value is -3.45. The topological polar surface area (TPSA) is 64.0 Å². The van der Waals surface area contributed by atoms with Gasteiger partial charge in [0.2, 0.25) is 0 Å². The minimum atomic E-state index is -0.433. The average molecular weight is 462 g/mol. The fraction of sp³-hybridized carbons (Fsp3) is 0.192. The summed E-state index contributed by atoms with van der Waals surface area (Å²) in [6.45, 7) is 4.58. The largest absolute Gasteiger partial charge is 0.352 e. The maximum atomic E-state index is 14.0. The van der Waals surface area contributed by atoms with Crippen LogP contribution in [0.2, 0.25) is 0 Å². The van der Waals surface area contributed by atoms with Crippen LogP contribution in [0.1, 0.15) is 34.8 Å². The molecule has 0 saturated carbocycles. The lowest BCUT2D eigenvalue weighted by Gasteiger charge is -2.14. The highest BCUT2D eigenvalue weighted by Crippen LogP contribution is 2.25. The summed E-state index contributed by atoms with van der Waals surface area (Å²) in [6.07, 6.45) is 0.829. The zero-order valence-electron chi connectivity index (χ0n) is 18.5. The molecule has 3 aromatic carbocycles. The molecule has 1 N–H and O–H groups in total. The summed E-state index contributed by atoms with van der Waals surface area (Å²) in [5.41, 5.74) is 3.23. The van der Waals surface area contributed by atoms with Crippen LogP contribution in [-0.4, -0.2) is 22.0 Å². The normalized spacial score (nSPS) is 11.0. The van der Waals surface area contributed by atoms with Gasteiger partial charge in [-0.15, -0.1) is 0 Å². The molecule has 33 heavy (non-hydrogen) atoms. The molecule has 0 spiro atoms. The van der Waals surface area contributed by atoms with Gasteiger partial charge >= 0.3 is 0 Å². The quantitative estimate of drug-likeness (QED) is 0.301. The second-order valence-electron chi connectivity index (χ2n) is 7.78. The van der Waals surface area contributed by atoms with Gasteiger partial charge in [-0.25, -0.2) is 9.37 Å². The predicted molar refractivity (Wildman–Crippen MR) is 131 cm³/mol. The number of rotatable bonds is 7. The van der Waals surface area contributed by atoms with Crippen molar-refractivity contribution in [3.05, 3.63) is 99.6 Å². The number of fused-ring (bicyclic) bond motifs is 1. The van der Waals surface area contributed by atoms with Gasteiger partial charge in [0.25, 0.3) is 11.5 Å². The highest BCUT2D eigenvalue weighted by atomic mass is 32.2. The average Bonchev–Trinajstić information content (AvgIpc) is 2.82. The molecule has 0 aliphatic heterocycles. The van der Waals surface area contributed by atoms with Gasteiger partial charge < -0.3 is 5.32 Å². The third-order valence-corrected chi connectivity index (χ3v) is 6.20. The minimum absolute atomic E-state index is 0.205. The lowest BCUT2D eigenvalue weighted by Crippen LogP contribution is -2.25. The third kappa shape index (κ3) is 5.14. The molecule has 0 aliphatic rings. The molecular formula is C26H24FN3O2S. The Morgan fingerprint density at radius 2 is 1.88 bits per heavy atom. The zero-order valence-corrected chi connectivity index (χ0v) is 19.3. The molecule has 0 fully saturated rings. The Morgan fingerprint density at radius 1 is 1.09 bits per heavy atom. The Morgan fingerprint density at radius 3 is 2.61 bits per heavy atom. The molecule has 4 rings (SSSR count). The number of aryl methyl sites for hydroxylation is 1. The number of hydrogen-bond acceptors (Lipinski definition) is 4. The molecular weight excluding hydrogens is 437 g/mol. The Kier molecular flexibility index (Phi) is 6.89. The van der Waals surface area contributed by atoms with Crippen molar-refractivity contribution in [2.45, 2.75) is 31.2 Å². The third-order valence-electron chi connectivity index (χ3n) is 5.19. The number of nitrogens with zero attached hydrogens (tertiary/aromatic N) is 2. The molecule has 168 valence electrons. The van der Waals surface area contributed by atoms with E-state index < -0.39 is 5.82 Å². The van der Waals surface area contributed by atoms with E-state index in [1.54, 1.807) is 30.3 Å². The van der Waals surface area contributed by atoms with Gasteiger partial charge in [-0.3, -0.25) is 14.2 Å². The van der Waals surface area contributed by atoms with Gasteiger partial charge in [-0.1, -0.05) is 54.6 Å². The van der Waals surface area contributed by atoms with Crippen LogP contribution in [0, 0.1) is 12.7 Å². The van der Waals surface area contributed by atoms with E-state index in [9.17, 15) is 14.0 Å². The Balaban J connectivity index is 1.81. The standard InChI is InChI=1S/C26H24FN3O2S/c1-3-13-28-24(31)19-11-12-22-23(14-19)29-26(33-16-18-9-7-17(2)8-10-18)30(25(22)32)21-6-4-5-20(27)15-21/h4-12,14-15H,3,13,16H2,1-2H3,(H,28,31). The number of carbonyl (C=O) groups is 1. The summed E-state index contributed by atoms with van der Waals surface area (Å²) in [5, 5.41) is 3.64. The molecule has 1 aromatic heterocycles. The molecule has 0 unspecified atom stereocenters. The van der Waals surface area contributed by atoms with E-state index in [-0.39, 0.29) is 11.5 Å². The minimum Gasteiger partial charge on any atom is -0.352 e. The number of thioether (sulfide) groups is 1. The lowest BCUT2D eigenvalue weighted by atomic mass is 10.1. The molecule has 0 saturated heterocycles. The molecule has 0 bridgehead atoms. The Labute approximate surface area is 195 Å². The van der Waals surface area contributed by atoms with Gasteiger partial charge in [-0.05, 0) is 55.3 Å². The van der Waals surface area contributed by atoms with Crippen molar-refractivity contribution in [1.29, 1.82) is 0 Å². The summed E-state index contributed by atoms with van der Waals surface area (Å²) >= 11 is 1.39. The van der Waals surface area contributed by atoms with E-state index in [0.717, 1.165) is 17.5 Å². The molecule has 1 heterocycles. The maximum Gasteiger partial charge on any atom is 0.266 e. The molecule has 5 nitrogen and oxygen atoms in total. The zero-order chi connectivity index (χ0) is 23.4. The van der Waals surface area contributed by atoms with Crippen LogP contribution in [0.15, 0.2) is 76.7 Å². The van der Waals surface area contributed by atoms with Crippen LogP contribution < -0.4 is 10.9 Å². The number of halogens is 1. The molecule has 0 aliphatic carbocycles. The predicted octanol–water partition coefficient (Wildman–Crippen LogP) is 5.27. The summed E-state index contributed by atoms with van der Waals surface area (Å²) in [6, 6.07) is 18.9. The van der Waals surface area contributed by atoms with E-state index >= 15 is 0 Å². The molecule has 1 amide bonds. The van der Waals surface area contributed by atoms with Crippen molar-refractivity contribution < 1.29 is 9.18 Å². The maximum absolute atomic E-state index is 14.0. The van der Waals surface area contributed by atoms with Crippen molar-refractivity contribution >= 4 is 28.6 Å². The van der Waals surface area contributed by atoms with Gasteiger partial charge in [0.1, 0.15) is 5.82 Å². The molecule has 0 atom stereocenters. The fourth-order valence-electron chi connectivity index (χ4n) is 3.42. The highest BCUT2D eigenvalue weighted by Gasteiger charge is 2.16. The number of carbonyl (C=O) groups excluding carboxylic acids is 1. The highest BCUT2D eigenvalue weighted by molar-refractivity contribution is 7.98. The fourth-order valence-corrected chi connectivity index (χ4v) is 4.39. The molecule has 7 heteroatoms. The van der Waals surface area contributed by atoms with Crippen LogP contribution >= 0.6 is 11.8 Å². The van der Waals surface area contributed by atoms with Gasteiger partial charge in [0.05, 0.1) is 16.6 Å². The van der Waals surface area contributed by atoms with Crippen LogP contribution in [-0.2, 0) is 5.75 Å². The van der Waals surface area contributed by atoms with Crippen LogP contribution in [0.4, 0.5) is 4.39 Å². The smallest absolute Gasteiger partial charge is 0.266 e. The summed E-state index contributed by atoms with van der Waals surface area (Å²) in [4.78, 5) is 30.6. The van der Waals surface area contributed by atoms with Gasteiger partial charge in [-0.2, -0.15) is 0 Å².